The first kappa shape index (κ1) is 26.3. The van der Waals surface area contributed by atoms with E-state index in [1.807, 2.05) is 29.2 Å². The number of nitrogens with one attached hydrogen (secondary N) is 1. The number of nitrogens with zero attached hydrogens (tertiary/aromatic N) is 1. The van der Waals surface area contributed by atoms with Crippen molar-refractivity contribution in [2.45, 2.75) is 78.0 Å². The topological polar surface area (TPSA) is 84.9 Å². The van der Waals surface area contributed by atoms with Gasteiger partial charge in [0.1, 0.15) is 5.75 Å². The highest BCUT2D eigenvalue weighted by atomic mass is 16.5. The molecule has 0 aromatic heterocycles. The molecule has 188 valence electrons. The van der Waals surface area contributed by atoms with Crippen molar-refractivity contribution < 1.29 is 23.9 Å². The highest BCUT2D eigenvalue weighted by molar-refractivity contribution is 5.97. The van der Waals surface area contributed by atoms with Crippen LogP contribution >= 0.6 is 0 Å². The average molecular weight is 481 g/mol. The molecule has 2 aromatic carbocycles. The van der Waals surface area contributed by atoms with Crippen LogP contribution < -0.4 is 10.1 Å². The molecule has 3 atom stereocenters. The third-order valence-electron chi connectivity index (χ3n) is 6.43. The maximum atomic E-state index is 12.6. The van der Waals surface area contributed by atoms with Gasteiger partial charge in [0.25, 0.3) is 11.8 Å². The van der Waals surface area contributed by atoms with Crippen LogP contribution in [0.5, 0.6) is 5.75 Å². The highest BCUT2D eigenvalue weighted by Gasteiger charge is 2.29. The summed E-state index contributed by atoms with van der Waals surface area (Å²) >= 11 is 0. The summed E-state index contributed by atoms with van der Waals surface area (Å²) < 4.78 is 11.0. The lowest BCUT2D eigenvalue weighted by Crippen LogP contribution is -2.49. The third-order valence-corrected chi connectivity index (χ3v) is 6.43. The Hall–Kier alpha value is -3.35. The van der Waals surface area contributed by atoms with Crippen molar-refractivity contribution in [3.05, 3.63) is 59.7 Å². The number of carbonyl (C=O) groups excluding carboxylic acids is 3. The molecule has 3 rings (SSSR count). The number of likely N-dealkylation sites (tertiary alicyclic amines) is 1. The molecule has 1 heterocycles. The van der Waals surface area contributed by atoms with E-state index in [2.05, 4.69) is 33.0 Å². The Labute approximate surface area is 207 Å². The van der Waals surface area contributed by atoms with Gasteiger partial charge in [0, 0.05) is 17.8 Å². The fourth-order valence-electron chi connectivity index (χ4n) is 4.30. The summed E-state index contributed by atoms with van der Waals surface area (Å²) in [5, 5.41) is 2.76. The lowest BCUT2D eigenvalue weighted by molar-refractivity contribution is -0.139. The molecule has 35 heavy (non-hydrogen) atoms. The average Bonchev–Trinajstić information content (AvgIpc) is 2.83. The molecule has 1 saturated heterocycles. The van der Waals surface area contributed by atoms with Gasteiger partial charge in [-0.3, -0.25) is 9.59 Å². The number of piperidine rings is 1. The quantitative estimate of drug-likeness (QED) is 0.528. The Kier molecular flexibility index (Phi) is 8.90. The normalized spacial score (nSPS) is 18.6. The van der Waals surface area contributed by atoms with E-state index in [1.165, 1.54) is 12.5 Å². The molecule has 0 aliphatic carbocycles. The van der Waals surface area contributed by atoms with E-state index < -0.39 is 18.0 Å². The molecular formula is C28H36N2O5. The van der Waals surface area contributed by atoms with Crippen LogP contribution in [0.2, 0.25) is 0 Å². The predicted octanol–water partition coefficient (Wildman–Crippen LogP) is 5.16. The zero-order chi connectivity index (χ0) is 25.5. The summed E-state index contributed by atoms with van der Waals surface area (Å²) in [6.07, 6.45) is 2.19. The van der Waals surface area contributed by atoms with Gasteiger partial charge in [0.2, 0.25) is 0 Å². The van der Waals surface area contributed by atoms with Gasteiger partial charge in [-0.05, 0) is 87.9 Å². The van der Waals surface area contributed by atoms with Gasteiger partial charge in [0.15, 0.2) is 12.7 Å². The van der Waals surface area contributed by atoms with Gasteiger partial charge >= 0.3 is 5.97 Å². The minimum absolute atomic E-state index is 0.0353. The van der Waals surface area contributed by atoms with Crippen LogP contribution in [0.15, 0.2) is 48.5 Å². The number of carbonyl (C=O) groups is 3. The van der Waals surface area contributed by atoms with Crippen molar-refractivity contribution in [3.63, 3.8) is 0 Å². The summed E-state index contributed by atoms with van der Waals surface area (Å²) in [6, 6.07) is 14.4. The molecule has 1 aliphatic rings. The first-order valence-corrected chi connectivity index (χ1v) is 12.3. The molecule has 1 N–H and O–H groups in total. The van der Waals surface area contributed by atoms with E-state index in [0.717, 1.165) is 19.3 Å². The highest BCUT2D eigenvalue weighted by Crippen LogP contribution is 2.23. The monoisotopic (exact) mass is 480 g/mol. The van der Waals surface area contributed by atoms with Crippen LogP contribution in [0.1, 0.15) is 75.7 Å². The van der Waals surface area contributed by atoms with Crippen LogP contribution in [0.25, 0.3) is 0 Å². The summed E-state index contributed by atoms with van der Waals surface area (Å²) in [4.78, 5) is 39.4. The summed E-state index contributed by atoms with van der Waals surface area (Å²) in [5.74, 6) is -0.162. The number of hydrogen-bond donors (Lipinski definition) is 1. The fourth-order valence-corrected chi connectivity index (χ4v) is 4.30. The van der Waals surface area contributed by atoms with Gasteiger partial charge in [-0.1, -0.05) is 26.0 Å². The number of benzene rings is 2. The lowest BCUT2D eigenvalue weighted by atomic mass is 9.97. The first-order chi connectivity index (χ1) is 16.7. The Morgan fingerprint density at radius 1 is 0.943 bits per heavy atom. The van der Waals surface area contributed by atoms with E-state index in [-0.39, 0.29) is 24.6 Å². The van der Waals surface area contributed by atoms with Crippen LogP contribution in [-0.4, -0.2) is 47.5 Å². The van der Waals surface area contributed by atoms with Crippen LogP contribution in [0.3, 0.4) is 0 Å². The van der Waals surface area contributed by atoms with Crippen molar-refractivity contribution >= 4 is 23.5 Å². The molecule has 7 heteroatoms. The molecule has 0 spiro atoms. The molecule has 7 nitrogen and oxygen atoms in total. The van der Waals surface area contributed by atoms with E-state index in [1.54, 1.807) is 24.3 Å². The van der Waals surface area contributed by atoms with Crippen LogP contribution in [0.4, 0.5) is 5.69 Å². The van der Waals surface area contributed by atoms with Crippen molar-refractivity contribution in [3.8, 4) is 5.75 Å². The maximum Gasteiger partial charge on any atom is 0.338 e. The molecule has 2 aromatic rings. The number of rotatable bonds is 8. The summed E-state index contributed by atoms with van der Waals surface area (Å²) in [6.45, 7) is 9.82. The van der Waals surface area contributed by atoms with E-state index in [4.69, 9.17) is 9.47 Å². The van der Waals surface area contributed by atoms with E-state index >= 15 is 0 Å². The van der Waals surface area contributed by atoms with Crippen molar-refractivity contribution in [2.75, 3.05) is 11.9 Å². The van der Waals surface area contributed by atoms with Gasteiger partial charge in [0.05, 0.1) is 5.56 Å². The molecule has 0 radical (unpaired) electrons. The first-order valence-electron chi connectivity index (χ1n) is 12.3. The van der Waals surface area contributed by atoms with Gasteiger partial charge in [-0.15, -0.1) is 0 Å². The van der Waals surface area contributed by atoms with Crippen molar-refractivity contribution in [1.82, 2.24) is 4.90 Å². The van der Waals surface area contributed by atoms with Crippen molar-refractivity contribution in [1.29, 1.82) is 0 Å². The molecular weight excluding hydrogens is 444 g/mol. The zero-order valence-corrected chi connectivity index (χ0v) is 21.2. The number of ether oxygens (including phenoxy) is 2. The smallest absolute Gasteiger partial charge is 0.338 e. The Bertz CT molecular complexity index is 1010. The summed E-state index contributed by atoms with van der Waals surface area (Å²) in [7, 11) is 0. The molecule has 2 amide bonds. The van der Waals surface area contributed by atoms with E-state index in [9.17, 15) is 14.4 Å². The van der Waals surface area contributed by atoms with Gasteiger partial charge in [-0.2, -0.15) is 0 Å². The minimum Gasteiger partial charge on any atom is -0.484 e. The number of amides is 2. The number of hydrogen-bond acceptors (Lipinski definition) is 5. The lowest BCUT2D eigenvalue weighted by Gasteiger charge is -2.38. The zero-order valence-electron chi connectivity index (χ0n) is 21.2. The Balaban J connectivity index is 1.49. The second-order valence-corrected chi connectivity index (χ2v) is 9.56. The second-order valence-electron chi connectivity index (χ2n) is 9.56. The summed E-state index contributed by atoms with van der Waals surface area (Å²) in [5.41, 5.74) is 2.12. The van der Waals surface area contributed by atoms with E-state index in [0.29, 0.717) is 22.9 Å². The molecule has 0 saturated carbocycles. The second kappa shape index (κ2) is 11.9. The predicted molar refractivity (Wildman–Crippen MR) is 136 cm³/mol. The molecule has 1 aliphatic heterocycles. The maximum absolute atomic E-state index is 12.6. The molecule has 1 fully saturated rings. The minimum atomic E-state index is -0.964. The van der Waals surface area contributed by atoms with Crippen molar-refractivity contribution in [2.24, 2.45) is 0 Å². The van der Waals surface area contributed by atoms with Gasteiger partial charge < -0.3 is 19.7 Å². The van der Waals surface area contributed by atoms with Crippen LogP contribution in [0, 0.1) is 0 Å². The van der Waals surface area contributed by atoms with Crippen LogP contribution in [-0.2, 0) is 14.3 Å². The SMILES string of the molecule is CC(C)c1ccc(NC(=O)[C@@H](C)OC(=O)c2ccc(OCC(=O)N3[C@@H](C)CCC[C@@H]3C)cc2)cc1. The standard InChI is InChI=1S/C28H36N2O5/c1-18(2)22-9-13-24(14-10-22)29-27(32)21(5)35-28(33)23-11-15-25(16-12-23)34-17-26(31)30-19(3)7-6-8-20(30)4/h9-16,18-21H,6-8,17H2,1-5H3,(H,29,32)/t19-,20-,21+/m0/s1. The molecule has 0 unspecified atom stereocenters. The number of esters is 1. The molecule has 0 bridgehead atoms. The van der Waals surface area contributed by atoms with Gasteiger partial charge in [-0.25, -0.2) is 4.79 Å². The number of anilines is 1. The Morgan fingerprint density at radius 3 is 2.11 bits per heavy atom. The Morgan fingerprint density at radius 2 is 1.54 bits per heavy atom. The fraction of sp³-hybridized carbons (Fsp3) is 0.464. The third kappa shape index (κ3) is 7.07. The largest absolute Gasteiger partial charge is 0.484 e.